The number of carbonyl (C=O) groups excluding carboxylic acids is 1. The van der Waals surface area contributed by atoms with Crippen LogP contribution < -0.4 is 5.32 Å². The minimum atomic E-state index is -1.24. The molecule has 0 spiro atoms. The van der Waals surface area contributed by atoms with Gasteiger partial charge in [0.25, 0.3) is 0 Å². The summed E-state index contributed by atoms with van der Waals surface area (Å²) in [6.45, 7) is 11.3. The van der Waals surface area contributed by atoms with Gasteiger partial charge < -0.3 is 15.5 Å². The first kappa shape index (κ1) is 32.2. The monoisotopic (exact) mass is 469 g/mol. The van der Waals surface area contributed by atoms with Crippen molar-refractivity contribution in [2.24, 2.45) is 5.41 Å². The van der Waals surface area contributed by atoms with E-state index in [1.165, 1.54) is 42.3 Å². The van der Waals surface area contributed by atoms with Crippen molar-refractivity contribution in [3.05, 3.63) is 34.9 Å². The highest BCUT2D eigenvalue weighted by atomic mass is 32.2. The lowest BCUT2D eigenvalue weighted by Crippen LogP contribution is -2.44. The van der Waals surface area contributed by atoms with Crippen molar-refractivity contribution in [1.82, 2.24) is 5.32 Å². The predicted octanol–water partition coefficient (Wildman–Crippen LogP) is 5.85. The molecule has 0 aliphatic carbocycles. The van der Waals surface area contributed by atoms with Crippen molar-refractivity contribution in [3.8, 4) is 0 Å². The summed E-state index contributed by atoms with van der Waals surface area (Å²) in [5.41, 5.74) is 2.75. The summed E-state index contributed by atoms with van der Waals surface area (Å²) in [6, 6.07) is -1.04. The summed E-state index contributed by atoms with van der Waals surface area (Å²) < 4.78 is 0. The van der Waals surface area contributed by atoms with Crippen molar-refractivity contribution in [2.45, 2.75) is 87.1 Å². The molecule has 0 rings (SSSR count). The fourth-order valence-corrected chi connectivity index (χ4v) is 3.62. The molecular weight excluding hydrogens is 426 g/mol. The SMILES string of the molecule is C.CC(C)=CCC/C(C)=C/CC/C(C)=C/CSC[C@H](NC(=O)CC(C)(C)C(=O)O)C(=O)O. The van der Waals surface area contributed by atoms with Crippen LogP contribution in [-0.4, -0.2) is 45.6 Å². The van der Waals surface area contributed by atoms with Crippen molar-refractivity contribution in [1.29, 1.82) is 0 Å². The highest BCUT2D eigenvalue weighted by molar-refractivity contribution is 7.99. The van der Waals surface area contributed by atoms with Gasteiger partial charge in [0.2, 0.25) is 5.91 Å². The van der Waals surface area contributed by atoms with E-state index in [0.29, 0.717) is 5.75 Å². The van der Waals surface area contributed by atoms with Gasteiger partial charge in [-0.25, -0.2) is 4.79 Å². The minimum absolute atomic E-state index is 0. The van der Waals surface area contributed by atoms with Crippen molar-refractivity contribution in [2.75, 3.05) is 11.5 Å². The van der Waals surface area contributed by atoms with E-state index in [1.54, 1.807) is 0 Å². The fraction of sp³-hybridized carbons (Fsp3) is 0.640. The van der Waals surface area contributed by atoms with Crippen LogP contribution in [0.4, 0.5) is 0 Å². The Hall–Kier alpha value is -2.02. The van der Waals surface area contributed by atoms with Crippen LogP contribution in [0.5, 0.6) is 0 Å². The van der Waals surface area contributed by atoms with E-state index in [-0.39, 0.29) is 19.6 Å². The molecule has 6 nitrogen and oxygen atoms in total. The molecule has 0 saturated heterocycles. The van der Waals surface area contributed by atoms with E-state index in [0.717, 1.165) is 25.7 Å². The second-order valence-corrected chi connectivity index (χ2v) is 9.90. The van der Waals surface area contributed by atoms with Crippen LogP contribution in [0, 0.1) is 5.41 Å². The molecule has 3 N–H and O–H groups in total. The van der Waals surface area contributed by atoms with Gasteiger partial charge in [-0.05, 0) is 67.2 Å². The maximum atomic E-state index is 12.0. The Kier molecular flexibility index (Phi) is 16.7. The summed E-state index contributed by atoms with van der Waals surface area (Å²) in [5, 5.41) is 20.9. The molecule has 0 unspecified atom stereocenters. The number of hydrogen-bond acceptors (Lipinski definition) is 4. The Labute approximate surface area is 198 Å². The first-order valence-corrected chi connectivity index (χ1v) is 11.8. The van der Waals surface area contributed by atoms with Crippen molar-refractivity contribution in [3.63, 3.8) is 0 Å². The second-order valence-electron chi connectivity index (χ2n) is 8.82. The van der Waals surface area contributed by atoms with Crippen LogP contribution in [0.3, 0.4) is 0 Å². The Morgan fingerprint density at radius 3 is 1.97 bits per heavy atom. The smallest absolute Gasteiger partial charge is 0.327 e. The predicted molar refractivity (Wildman–Crippen MR) is 135 cm³/mol. The molecule has 0 radical (unpaired) electrons. The quantitative estimate of drug-likeness (QED) is 0.205. The number of amides is 1. The number of aliphatic carboxylic acids is 2. The van der Waals surface area contributed by atoms with E-state index in [4.69, 9.17) is 5.11 Å². The molecule has 32 heavy (non-hydrogen) atoms. The topological polar surface area (TPSA) is 104 Å². The van der Waals surface area contributed by atoms with Crippen LogP contribution in [0.2, 0.25) is 0 Å². The summed E-state index contributed by atoms with van der Waals surface area (Å²) >= 11 is 1.43. The van der Waals surface area contributed by atoms with Gasteiger partial charge in [-0.1, -0.05) is 42.4 Å². The molecule has 0 bridgehead atoms. The van der Waals surface area contributed by atoms with E-state index < -0.39 is 29.3 Å². The van der Waals surface area contributed by atoms with Gasteiger partial charge in [-0.2, -0.15) is 11.8 Å². The normalized spacial score (nSPS) is 13.1. The lowest BCUT2D eigenvalue weighted by atomic mass is 9.89. The molecule has 0 aliphatic heterocycles. The molecule has 0 aromatic heterocycles. The van der Waals surface area contributed by atoms with Gasteiger partial charge in [0.15, 0.2) is 0 Å². The Morgan fingerprint density at radius 1 is 0.938 bits per heavy atom. The minimum Gasteiger partial charge on any atom is -0.481 e. The third-order valence-corrected chi connectivity index (χ3v) is 5.74. The number of carboxylic acids is 2. The highest BCUT2D eigenvalue weighted by Gasteiger charge is 2.31. The lowest BCUT2D eigenvalue weighted by molar-refractivity contribution is -0.150. The van der Waals surface area contributed by atoms with E-state index >= 15 is 0 Å². The van der Waals surface area contributed by atoms with Crippen LogP contribution in [0.25, 0.3) is 0 Å². The third kappa shape index (κ3) is 15.7. The number of allylic oxidation sites excluding steroid dienone is 5. The second kappa shape index (κ2) is 16.6. The maximum Gasteiger partial charge on any atom is 0.327 e. The first-order valence-electron chi connectivity index (χ1n) is 10.6. The Balaban J connectivity index is 0. The average Bonchev–Trinajstić information content (AvgIpc) is 2.63. The Bertz CT molecular complexity index is 703. The molecule has 0 heterocycles. The molecule has 0 saturated carbocycles. The van der Waals surface area contributed by atoms with Gasteiger partial charge in [-0.15, -0.1) is 0 Å². The zero-order chi connectivity index (χ0) is 24.0. The molecule has 1 atom stereocenters. The van der Waals surface area contributed by atoms with Crippen molar-refractivity contribution >= 4 is 29.6 Å². The highest BCUT2D eigenvalue weighted by Crippen LogP contribution is 2.20. The largest absolute Gasteiger partial charge is 0.481 e. The number of rotatable bonds is 15. The van der Waals surface area contributed by atoms with Gasteiger partial charge >= 0.3 is 11.9 Å². The Morgan fingerprint density at radius 2 is 1.47 bits per heavy atom. The molecule has 1 amide bonds. The fourth-order valence-electron chi connectivity index (χ4n) is 2.62. The van der Waals surface area contributed by atoms with E-state index in [1.807, 2.05) is 0 Å². The van der Waals surface area contributed by atoms with Crippen LogP contribution in [0.1, 0.15) is 81.1 Å². The number of carbonyl (C=O) groups is 3. The number of nitrogens with one attached hydrogen (secondary N) is 1. The van der Waals surface area contributed by atoms with Crippen LogP contribution >= 0.6 is 11.8 Å². The number of thioether (sulfide) groups is 1. The van der Waals surface area contributed by atoms with E-state index in [2.05, 4.69) is 51.2 Å². The van der Waals surface area contributed by atoms with Crippen LogP contribution in [0.15, 0.2) is 34.9 Å². The summed E-state index contributed by atoms with van der Waals surface area (Å²) in [6.07, 6.45) is 10.4. The molecular formula is C25H43NO5S. The zero-order valence-corrected chi connectivity index (χ0v) is 20.6. The van der Waals surface area contributed by atoms with Gasteiger partial charge in [0, 0.05) is 17.9 Å². The summed E-state index contributed by atoms with van der Waals surface area (Å²) in [7, 11) is 0. The molecule has 184 valence electrons. The number of carboxylic acid groups (broad SMARTS) is 2. The van der Waals surface area contributed by atoms with Gasteiger partial charge in [0.1, 0.15) is 6.04 Å². The first-order chi connectivity index (χ1) is 14.3. The molecule has 0 aliphatic rings. The molecule has 0 fully saturated rings. The summed E-state index contributed by atoms with van der Waals surface area (Å²) in [5.74, 6) is -1.90. The molecule has 0 aromatic carbocycles. The van der Waals surface area contributed by atoms with E-state index in [9.17, 15) is 19.5 Å². The standard InChI is InChI=1S/C24H39NO5S.CH4/c1-17(2)9-7-10-18(3)11-8-12-19(4)13-14-31-16-20(22(27)28)25-21(26)15-24(5,6)23(29)30;/h9,11,13,20H,7-8,10,12,14-16H2,1-6H3,(H,25,26)(H,27,28)(H,29,30);1H4/b18-11+,19-13+;/t20-;/m0./s1. The third-order valence-electron chi connectivity index (χ3n) is 4.77. The van der Waals surface area contributed by atoms with Crippen molar-refractivity contribution < 1.29 is 24.6 Å². The molecule has 7 heteroatoms. The van der Waals surface area contributed by atoms with Gasteiger partial charge in [-0.3, -0.25) is 9.59 Å². The lowest BCUT2D eigenvalue weighted by Gasteiger charge is -2.20. The maximum absolute atomic E-state index is 12.0. The molecule has 0 aromatic rings. The average molecular weight is 470 g/mol. The zero-order valence-electron chi connectivity index (χ0n) is 19.8. The van der Waals surface area contributed by atoms with Gasteiger partial charge in [0.05, 0.1) is 5.41 Å². The van der Waals surface area contributed by atoms with Crippen LogP contribution in [-0.2, 0) is 14.4 Å². The summed E-state index contributed by atoms with van der Waals surface area (Å²) in [4.78, 5) is 34.6. The number of hydrogen-bond donors (Lipinski definition) is 3.